The van der Waals surface area contributed by atoms with Crippen molar-refractivity contribution in [3.63, 3.8) is 0 Å². The van der Waals surface area contributed by atoms with Crippen LogP contribution in [0.4, 0.5) is 0 Å². The summed E-state index contributed by atoms with van der Waals surface area (Å²) in [5.41, 5.74) is 12.7. The van der Waals surface area contributed by atoms with E-state index in [-0.39, 0.29) is 10.8 Å². The summed E-state index contributed by atoms with van der Waals surface area (Å²) in [7, 11) is 11.0. The predicted molar refractivity (Wildman–Crippen MR) is 215 cm³/mol. The molecule has 0 amide bonds. The van der Waals surface area contributed by atoms with Gasteiger partial charge in [0.15, 0.2) is 0 Å². The Balaban J connectivity index is 0.000000225. The maximum absolute atomic E-state index is 4.93. The van der Waals surface area contributed by atoms with Crippen LogP contribution in [0.25, 0.3) is 43.8 Å². The van der Waals surface area contributed by atoms with Crippen molar-refractivity contribution in [2.75, 3.05) is 0 Å². The zero-order valence-electron chi connectivity index (χ0n) is 30.8. The van der Waals surface area contributed by atoms with Crippen molar-refractivity contribution < 1.29 is 20.8 Å². The Bertz CT molecular complexity index is 1860. The van der Waals surface area contributed by atoms with Crippen LogP contribution in [0.3, 0.4) is 0 Å². The average Bonchev–Trinajstić information content (AvgIpc) is 3.59. The summed E-state index contributed by atoms with van der Waals surface area (Å²) in [6.45, 7) is 24.5. The van der Waals surface area contributed by atoms with E-state index in [1.54, 1.807) is 0 Å². The van der Waals surface area contributed by atoms with E-state index in [0.29, 0.717) is 0 Å². The second kappa shape index (κ2) is 18.1. The summed E-state index contributed by atoms with van der Waals surface area (Å²) in [4.78, 5) is 0. The fourth-order valence-electron chi connectivity index (χ4n) is 6.11. The van der Waals surface area contributed by atoms with Crippen molar-refractivity contribution in [1.82, 2.24) is 0 Å². The molecule has 250 valence electrons. The number of fused-ring (bicyclic) bond motifs is 2. The van der Waals surface area contributed by atoms with Gasteiger partial charge < -0.3 is 0 Å². The molecule has 6 rings (SSSR count). The fraction of sp³-hybridized carbons (Fsp3) is 0.318. The van der Waals surface area contributed by atoms with Crippen LogP contribution < -0.4 is 0 Å². The van der Waals surface area contributed by atoms with E-state index in [1.807, 2.05) is 0 Å². The summed E-state index contributed by atoms with van der Waals surface area (Å²) in [5.74, 6) is 0. The molecule has 0 aliphatic heterocycles. The maximum atomic E-state index is 4.93. The van der Waals surface area contributed by atoms with Crippen LogP contribution in [0.1, 0.15) is 76.3 Å². The summed E-state index contributed by atoms with van der Waals surface area (Å²) >= 11 is -0.826. The molecule has 48 heavy (non-hydrogen) atoms. The number of rotatable bonds is 3. The number of hydrogen-bond acceptors (Lipinski definition) is 0. The molecule has 6 aromatic rings. The Labute approximate surface area is 312 Å². The topological polar surface area (TPSA) is 0 Å². The summed E-state index contributed by atoms with van der Waals surface area (Å²) < 4.78 is 0. The molecule has 0 fully saturated rings. The number of hydrogen-bond donors (Lipinski definition) is 0. The van der Waals surface area contributed by atoms with Gasteiger partial charge in [0.2, 0.25) is 0 Å². The van der Waals surface area contributed by atoms with Crippen LogP contribution in [0.5, 0.6) is 0 Å². The Morgan fingerprint density at radius 3 is 1.54 bits per heavy atom. The Hall–Kier alpha value is -2.22. The van der Waals surface area contributed by atoms with Gasteiger partial charge in [-0.1, -0.05) is 147 Å². The van der Waals surface area contributed by atoms with Gasteiger partial charge in [0.05, 0.1) is 0 Å². The number of benzene rings is 4. The average molecular weight is 771 g/mol. The summed E-state index contributed by atoms with van der Waals surface area (Å²) in [6.07, 6.45) is 1.10. The van der Waals surface area contributed by atoms with Crippen LogP contribution in [0.2, 0.25) is 13.1 Å². The molecule has 0 N–H and O–H groups in total. The molecule has 4 heteroatoms. The van der Waals surface area contributed by atoms with Crippen LogP contribution >= 0.6 is 17.0 Å². The molecule has 0 saturated heterocycles. The predicted octanol–water partition coefficient (Wildman–Crippen LogP) is 14.4. The number of aryl methyl sites for hydroxylation is 3. The van der Waals surface area contributed by atoms with E-state index in [1.165, 1.54) is 71.6 Å². The first-order valence-corrected chi connectivity index (χ1v) is 25.1. The summed E-state index contributed by atoms with van der Waals surface area (Å²) in [6, 6.07) is 38.2. The van der Waals surface area contributed by atoms with E-state index < -0.39 is 20.8 Å². The van der Waals surface area contributed by atoms with E-state index in [4.69, 9.17) is 17.0 Å². The Kier molecular flexibility index (Phi) is 15.2. The van der Waals surface area contributed by atoms with Gasteiger partial charge in [0.25, 0.3) is 0 Å². The van der Waals surface area contributed by atoms with Crippen LogP contribution in [-0.4, -0.2) is 9.52 Å². The molecule has 0 aliphatic carbocycles. The first-order valence-electron chi connectivity index (χ1n) is 16.8. The molecule has 0 spiro atoms. The third kappa shape index (κ3) is 10.4. The van der Waals surface area contributed by atoms with Crippen molar-refractivity contribution in [2.45, 2.75) is 92.7 Å². The van der Waals surface area contributed by atoms with Gasteiger partial charge in [-0.25, -0.2) is 0 Å². The van der Waals surface area contributed by atoms with Gasteiger partial charge in [-0.3, -0.25) is 0 Å². The third-order valence-corrected chi connectivity index (χ3v) is 8.68. The molecule has 0 bridgehead atoms. The number of halogens is 2. The van der Waals surface area contributed by atoms with E-state index >= 15 is 0 Å². The van der Waals surface area contributed by atoms with E-state index in [9.17, 15) is 0 Å². The minimum atomic E-state index is -0.826. The monoisotopic (exact) mass is 768 g/mol. The zero-order valence-corrected chi connectivity index (χ0v) is 35.7. The molecule has 6 aromatic carbocycles. The van der Waals surface area contributed by atoms with Crippen LogP contribution in [0.15, 0.2) is 103 Å². The van der Waals surface area contributed by atoms with Gasteiger partial charge >= 0.3 is 37.9 Å². The van der Waals surface area contributed by atoms with Gasteiger partial charge in [-0.15, -0.1) is 69.1 Å². The molecular weight excluding hydrogens is 719 g/mol. The minimum absolute atomic E-state index is 0.205. The normalized spacial score (nSPS) is 11.1. The van der Waals surface area contributed by atoms with Gasteiger partial charge in [0, 0.05) is 9.52 Å². The van der Waals surface area contributed by atoms with Crippen molar-refractivity contribution in [1.29, 1.82) is 0 Å². The quantitative estimate of drug-likeness (QED) is 0.124. The molecule has 2 radical (unpaired) electrons. The Morgan fingerprint density at radius 2 is 1.08 bits per heavy atom. The molecule has 0 unspecified atom stereocenters. The van der Waals surface area contributed by atoms with E-state index in [0.717, 1.165) is 15.9 Å². The standard InChI is InChI=1S/C22H25.C20H21.C2H6Si.2ClH.Zr/c1-6-16-14-18-8-7-9-20(21(18)15(16)2)17-10-12-19(13-11-17)22(3,4)5;1-14-12-16-6-5-7-18(19(16)13-14)15-8-10-17(11-9-15)20(2,3)4;1-3-2;;;/h7-14H,6H2,1-5H3;5-13H,1-4H3;1-2H3;2*1H;/q2*-1;;;;+4/p-2. The first-order chi connectivity index (χ1) is 22.7. The third-order valence-electron chi connectivity index (χ3n) is 8.68. The fourth-order valence-corrected chi connectivity index (χ4v) is 6.11. The second-order valence-electron chi connectivity index (χ2n) is 14.5. The second-order valence-corrected chi connectivity index (χ2v) is 19.2. The van der Waals surface area contributed by atoms with Gasteiger partial charge in [0.1, 0.15) is 0 Å². The molecular formula is C44H52Cl2SiZr. The zero-order chi connectivity index (χ0) is 35.6. The summed E-state index contributed by atoms with van der Waals surface area (Å²) in [5, 5.41) is 5.48. The molecule has 0 nitrogen and oxygen atoms in total. The SMILES string of the molecule is CCc1[cH-]c2cccc(-c3ccc(C(C)(C)C)cc3)c2c1C.C[Si]C.Cc1cc2c(-c3ccc(C(C)(C)C)cc3)cccc2[cH-]1.[Cl][Zr+2][Cl]. The van der Waals surface area contributed by atoms with Crippen molar-refractivity contribution in [3.05, 3.63) is 131 Å². The van der Waals surface area contributed by atoms with Crippen molar-refractivity contribution >= 4 is 48.1 Å². The molecule has 0 saturated carbocycles. The van der Waals surface area contributed by atoms with Crippen LogP contribution in [-0.2, 0) is 38.1 Å². The molecule has 0 aromatic heterocycles. The van der Waals surface area contributed by atoms with Gasteiger partial charge in [-0.2, -0.15) is 11.6 Å². The first kappa shape index (κ1) is 40.2. The van der Waals surface area contributed by atoms with Crippen molar-refractivity contribution in [3.8, 4) is 22.3 Å². The molecule has 0 aliphatic rings. The molecule has 0 heterocycles. The van der Waals surface area contributed by atoms with Crippen LogP contribution in [0, 0.1) is 13.8 Å². The van der Waals surface area contributed by atoms with Crippen molar-refractivity contribution in [2.24, 2.45) is 0 Å². The molecule has 0 atom stereocenters. The van der Waals surface area contributed by atoms with E-state index in [2.05, 4.69) is 179 Å². The Morgan fingerprint density at radius 1 is 0.646 bits per heavy atom. The van der Waals surface area contributed by atoms with Gasteiger partial charge in [-0.05, 0) is 39.5 Å².